The van der Waals surface area contributed by atoms with Crippen LogP contribution < -0.4 is 5.73 Å². The summed E-state index contributed by atoms with van der Waals surface area (Å²) in [5, 5.41) is 2.47. The minimum absolute atomic E-state index is 0.502. The number of rotatable bonds is 2. The average Bonchev–Trinajstić information content (AvgIpc) is 2.27. The monoisotopic (exact) mass is 200 g/mol. The van der Waals surface area contributed by atoms with Gasteiger partial charge in [-0.3, -0.25) is 4.98 Å². The molecule has 0 aliphatic heterocycles. The van der Waals surface area contributed by atoms with Gasteiger partial charge in [0.15, 0.2) is 0 Å². The fourth-order valence-electron chi connectivity index (χ4n) is 1.85. The molecular formula is C13H16N2. The quantitative estimate of drug-likeness (QED) is 0.809. The fourth-order valence-corrected chi connectivity index (χ4v) is 1.85. The van der Waals surface area contributed by atoms with Crippen molar-refractivity contribution in [3.63, 3.8) is 0 Å². The Bertz CT molecular complexity index is 475. The molecule has 0 radical (unpaired) electrons. The summed E-state index contributed by atoms with van der Waals surface area (Å²) in [5.74, 6) is 0.529. The summed E-state index contributed by atoms with van der Waals surface area (Å²) in [4.78, 5) is 4.30. The largest absolute Gasteiger partial charge is 0.325 e. The van der Waals surface area contributed by atoms with Crippen molar-refractivity contribution >= 4 is 10.8 Å². The standard InChI is InChI=1S/C13H16N2/c1-9(2)12-5-3-4-10-8-15-11(7-14)6-13(10)12/h3-6,8-9H,7,14H2,1-2H3. The van der Waals surface area contributed by atoms with Crippen LogP contribution in [-0.2, 0) is 6.54 Å². The molecule has 2 nitrogen and oxygen atoms in total. The number of pyridine rings is 1. The summed E-state index contributed by atoms with van der Waals surface area (Å²) in [7, 11) is 0. The molecule has 78 valence electrons. The molecule has 1 heterocycles. The van der Waals surface area contributed by atoms with Crippen LogP contribution in [-0.4, -0.2) is 4.98 Å². The maximum atomic E-state index is 5.60. The molecule has 1 aromatic carbocycles. The van der Waals surface area contributed by atoms with Gasteiger partial charge in [-0.2, -0.15) is 0 Å². The van der Waals surface area contributed by atoms with E-state index < -0.39 is 0 Å². The van der Waals surface area contributed by atoms with E-state index in [4.69, 9.17) is 5.73 Å². The van der Waals surface area contributed by atoms with Gasteiger partial charge in [-0.25, -0.2) is 0 Å². The van der Waals surface area contributed by atoms with Crippen molar-refractivity contribution in [3.05, 3.63) is 41.7 Å². The Morgan fingerprint density at radius 1 is 1.33 bits per heavy atom. The molecule has 2 heteroatoms. The maximum Gasteiger partial charge on any atom is 0.0545 e. The van der Waals surface area contributed by atoms with Crippen molar-refractivity contribution in [2.45, 2.75) is 26.3 Å². The second kappa shape index (κ2) is 3.99. The topological polar surface area (TPSA) is 38.9 Å². The Labute approximate surface area is 90.1 Å². The van der Waals surface area contributed by atoms with Gasteiger partial charge in [0.05, 0.1) is 5.69 Å². The number of nitrogens with zero attached hydrogens (tertiary/aromatic N) is 1. The van der Waals surface area contributed by atoms with Crippen LogP contribution in [0.25, 0.3) is 10.8 Å². The molecule has 2 N–H and O–H groups in total. The van der Waals surface area contributed by atoms with Crippen LogP contribution in [0.1, 0.15) is 31.0 Å². The summed E-state index contributed by atoms with van der Waals surface area (Å²) < 4.78 is 0. The van der Waals surface area contributed by atoms with Gasteiger partial charge < -0.3 is 5.73 Å². The number of fused-ring (bicyclic) bond motifs is 1. The number of hydrogen-bond donors (Lipinski definition) is 1. The minimum atomic E-state index is 0.502. The first-order valence-electron chi connectivity index (χ1n) is 5.30. The molecule has 0 atom stereocenters. The molecule has 0 unspecified atom stereocenters. The highest BCUT2D eigenvalue weighted by molar-refractivity contribution is 5.85. The van der Waals surface area contributed by atoms with Gasteiger partial charge in [0.1, 0.15) is 0 Å². The van der Waals surface area contributed by atoms with E-state index in [0.717, 1.165) is 5.69 Å². The summed E-state index contributed by atoms with van der Waals surface area (Å²) >= 11 is 0. The Morgan fingerprint density at radius 2 is 2.13 bits per heavy atom. The van der Waals surface area contributed by atoms with E-state index in [1.807, 2.05) is 6.20 Å². The normalized spacial score (nSPS) is 11.2. The fraction of sp³-hybridized carbons (Fsp3) is 0.308. The molecule has 0 aliphatic rings. The molecule has 0 bridgehead atoms. The lowest BCUT2D eigenvalue weighted by Gasteiger charge is -2.10. The molecule has 2 rings (SSSR count). The third kappa shape index (κ3) is 1.85. The van der Waals surface area contributed by atoms with Gasteiger partial charge in [-0.15, -0.1) is 0 Å². The zero-order chi connectivity index (χ0) is 10.8. The van der Waals surface area contributed by atoms with Crippen LogP contribution in [0, 0.1) is 0 Å². The molecule has 0 saturated carbocycles. The first-order valence-corrected chi connectivity index (χ1v) is 5.30. The Balaban J connectivity index is 2.70. The summed E-state index contributed by atoms with van der Waals surface area (Å²) in [6.07, 6.45) is 1.91. The summed E-state index contributed by atoms with van der Waals surface area (Å²) in [6.45, 7) is 4.91. The van der Waals surface area contributed by atoms with Crippen LogP contribution >= 0.6 is 0 Å². The van der Waals surface area contributed by atoms with Crippen molar-refractivity contribution in [2.75, 3.05) is 0 Å². The lowest BCUT2D eigenvalue weighted by atomic mass is 9.97. The van der Waals surface area contributed by atoms with Gasteiger partial charge in [0.25, 0.3) is 0 Å². The highest BCUT2D eigenvalue weighted by atomic mass is 14.7. The maximum absolute atomic E-state index is 5.60. The van der Waals surface area contributed by atoms with Gasteiger partial charge in [0, 0.05) is 18.1 Å². The molecule has 0 saturated heterocycles. The smallest absolute Gasteiger partial charge is 0.0545 e. The number of hydrogen-bond acceptors (Lipinski definition) is 2. The molecule has 1 aromatic heterocycles. The lowest BCUT2D eigenvalue weighted by molar-refractivity contribution is 0.875. The molecule has 0 spiro atoms. The Morgan fingerprint density at radius 3 is 2.80 bits per heavy atom. The van der Waals surface area contributed by atoms with E-state index >= 15 is 0 Å². The molecule has 2 aromatic rings. The first kappa shape index (κ1) is 10.1. The molecule has 0 aliphatic carbocycles. The van der Waals surface area contributed by atoms with Gasteiger partial charge in [0.2, 0.25) is 0 Å². The number of aromatic nitrogens is 1. The lowest BCUT2D eigenvalue weighted by Crippen LogP contribution is -2.00. The van der Waals surface area contributed by atoms with Crippen LogP contribution in [0.5, 0.6) is 0 Å². The number of benzene rings is 1. The Hall–Kier alpha value is -1.41. The van der Waals surface area contributed by atoms with Crippen molar-refractivity contribution < 1.29 is 0 Å². The molecule has 0 amide bonds. The van der Waals surface area contributed by atoms with Crippen LogP contribution in [0.15, 0.2) is 30.5 Å². The summed E-state index contributed by atoms with van der Waals surface area (Å²) in [5.41, 5.74) is 7.92. The van der Waals surface area contributed by atoms with Crippen molar-refractivity contribution in [2.24, 2.45) is 5.73 Å². The van der Waals surface area contributed by atoms with E-state index in [2.05, 4.69) is 43.1 Å². The van der Waals surface area contributed by atoms with E-state index in [9.17, 15) is 0 Å². The summed E-state index contributed by atoms with van der Waals surface area (Å²) in [6, 6.07) is 8.45. The van der Waals surface area contributed by atoms with Crippen molar-refractivity contribution in [1.29, 1.82) is 0 Å². The van der Waals surface area contributed by atoms with Crippen LogP contribution in [0.4, 0.5) is 0 Å². The molecule has 15 heavy (non-hydrogen) atoms. The minimum Gasteiger partial charge on any atom is -0.325 e. The van der Waals surface area contributed by atoms with Gasteiger partial charge in [-0.05, 0) is 22.9 Å². The zero-order valence-electron chi connectivity index (χ0n) is 9.20. The average molecular weight is 200 g/mol. The highest BCUT2D eigenvalue weighted by Crippen LogP contribution is 2.25. The molecular weight excluding hydrogens is 184 g/mol. The second-order valence-electron chi connectivity index (χ2n) is 4.10. The zero-order valence-corrected chi connectivity index (χ0v) is 9.20. The van der Waals surface area contributed by atoms with Gasteiger partial charge >= 0.3 is 0 Å². The predicted octanol–water partition coefficient (Wildman–Crippen LogP) is 2.82. The highest BCUT2D eigenvalue weighted by Gasteiger charge is 2.05. The van der Waals surface area contributed by atoms with Gasteiger partial charge in [-0.1, -0.05) is 32.0 Å². The third-order valence-corrected chi connectivity index (χ3v) is 2.69. The van der Waals surface area contributed by atoms with E-state index in [0.29, 0.717) is 12.5 Å². The molecule has 0 fully saturated rings. The predicted molar refractivity (Wildman–Crippen MR) is 63.7 cm³/mol. The van der Waals surface area contributed by atoms with E-state index in [1.165, 1.54) is 16.3 Å². The Kier molecular flexibility index (Phi) is 2.69. The van der Waals surface area contributed by atoms with Crippen molar-refractivity contribution in [1.82, 2.24) is 4.98 Å². The van der Waals surface area contributed by atoms with Crippen LogP contribution in [0.3, 0.4) is 0 Å². The van der Waals surface area contributed by atoms with Crippen molar-refractivity contribution in [3.8, 4) is 0 Å². The van der Waals surface area contributed by atoms with E-state index in [1.54, 1.807) is 0 Å². The van der Waals surface area contributed by atoms with E-state index in [-0.39, 0.29) is 0 Å². The SMILES string of the molecule is CC(C)c1cccc2cnc(CN)cc12. The third-order valence-electron chi connectivity index (χ3n) is 2.69. The second-order valence-corrected chi connectivity index (χ2v) is 4.10. The van der Waals surface area contributed by atoms with Crippen LogP contribution in [0.2, 0.25) is 0 Å². The number of nitrogens with two attached hydrogens (primary N) is 1. The first-order chi connectivity index (χ1) is 7.22.